The van der Waals surface area contributed by atoms with Gasteiger partial charge in [0.15, 0.2) is 5.65 Å². The molecule has 2 aromatic carbocycles. The fraction of sp³-hybridized carbons (Fsp3) is 0.344. The Bertz CT molecular complexity index is 1500. The van der Waals surface area contributed by atoms with Crippen molar-refractivity contribution in [2.24, 2.45) is 5.92 Å². The summed E-state index contributed by atoms with van der Waals surface area (Å²) in [7, 11) is 0. The Hall–Kier alpha value is -4.37. The fourth-order valence-corrected chi connectivity index (χ4v) is 5.06. The Morgan fingerprint density at radius 2 is 1.85 bits per heavy atom. The highest BCUT2D eigenvalue weighted by Crippen LogP contribution is 2.27. The third-order valence-electron chi connectivity index (χ3n) is 7.31. The molecule has 5 rings (SSSR count). The van der Waals surface area contributed by atoms with Crippen molar-refractivity contribution in [3.8, 4) is 11.3 Å². The van der Waals surface area contributed by atoms with Crippen LogP contribution in [0.2, 0.25) is 0 Å². The molecule has 9 heteroatoms. The molecule has 3 heterocycles. The number of benzene rings is 2. The summed E-state index contributed by atoms with van der Waals surface area (Å²) in [6, 6.07) is 22.3. The molecule has 0 radical (unpaired) electrons. The number of aromatic nitrogens is 3. The van der Waals surface area contributed by atoms with Crippen LogP contribution in [0.25, 0.3) is 22.4 Å². The lowest BCUT2D eigenvalue weighted by Crippen LogP contribution is -2.23. The number of fused-ring (bicyclic) bond motifs is 1. The Labute approximate surface area is 240 Å². The summed E-state index contributed by atoms with van der Waals surface area (Å²) < 4.78 is 5.22. The van der Waals surface area contributed by atoms with E-state index in [-0.39, 0.29) is 18.6 Å². The Morgan fingerprint density at radius 3 is 2.68 bits per heavy atom. The lowest BCUT2D eigenvalue weighted by Gasteiger charge is -2.10. The van der Waals surface area contributed by atoms with Crippen LogP contribution in [-0.2, 0) is 22.6 Å². The Morgan fingerprint density at radius 1 is 1.02 bits per heavy atom. The molecular formula is C32H36N6O3. The van der Waals surface area contributed by atoms with E-state index in [1.165, 1.54) is 5.56 Å². The number of carbonyl (C=O) groups is 2. The molecule has 0 aliphatic carbocycles. The Balaban J connectivity index is 1.14. The van der Waals surface area contributed by atoms with Gasteiger partial charge in [-0.05, 0) is 61.4 Å². The standard InChI is InChI=1S/C32H36N6O3/c1-3-33-32(40)41-20-23-13-8-14-24(17-23)27-19-34-25-15-16-28(38-31(25)36-27)37-29(39)18-26-30(35-26)21(2)9-7-12-22-10-5-4-6-11-22/h4-6,8,10-11,13-17,19,21,26,30,35H,3,7,9,12,18,20H2,1-2H3,(H,33,40)(H,36,37,38,39)/t21-,26?,30?/m1/s1. The average Bonchev–Trinajstić information content (AvgIpc) is 3.75. The van der Waals surface area contributed by atoms with Gasteiger partial charge in [0.25, 0.3) is 0 Å². The van der Waals surface area contributed by atoms with Gasteiger partial charge in [-0.25, -0.2) is 14.8 Å². The number of aryl methyl sites for hydroxylation is 1. The van der Waals surface area contributed by atoms with Gasteiger partial charge in [-0.2, -0.15) is 0 Å². The molecule has 212 valence electrons. The van der Waals surface area contributed by atoms with Crippen molar-refractivity contribution in [2.45, 2.75) is 58.2 Å². The van der Waals surface area contributed by atoms with Crippen LogP contribution in [0.15, 0.2) is 72.9 Å². The summed E-state index contributed by atoms with van der Waals surface area (Å²) in [5.41, 5.74) is 4.75. The van der Waals surface area contributed by atoms with Crippen LogP contribution in [0, 0.1) is 5.92 Å². The zero-order chi connectivity index (χ0) is 28.6. The van der Waals surface area contributed by atoms with Gasteiger partial charge in [0.1, 0.15) is 17.9 Å². The summed E-state index contributed by atoms with van der Waals surface area (Å²) in [4.78, 5) is 38.1. The number of anilines is 1. The number of ether oxygens (including phenoxy) is 1. The van der Waals surface area contributed by atoms with Crippen molar-refractivity contribution in [2.75, 3.05) is 11.9 Å². The molecule has 2 aromatic heterocycles. The predicted molar refractivity (Wildman–Crippen MR) is 159 cm³/mol. The maximum atomic E-state index is 12.8. The zero-order valence-corrected chi connectivity index (χ0v) is 23.5. The van der Waals surface area contributed by atoms with E-state index in [0.29, 0.717) is 47.6 Å². The molecule has 0 saturated carbocycles. The first-order valence-electron chi connectivity index (χ1n) is 14.2. The largest absolute Gasteiger partial charge is 0.445 e. The minimum atomic E-state index is -0.455. The highest BCUT2D eigenvalue weighted by atomic mass is 16.5. The quantitative estimate of drug-likeness (QED) is 0.204. The summed E-state index contributed by atoms with van der Waals surface area (Å²) in [6.07, 6.45) is 4.99. The predicted octanol–water partition coefficient (Wildman–Crippen LogP) is 5.27. The highest BCUT2D eigenvalue weighted by molar-refractivity contribution is 5.91. The monoisotopic (exact) mass is 552 g/mol. The summed E-state index contributed by atoms with van der Waals surface area (Å²) in [5.74, 6) is 0.894. The first kappa shape index (κ1) is 28.2. The molecule has 1 aliphatic rings. The van der Waals surface area contributed by atoms with E-state index in [1.54, 1.807) is 18.3 Å². The smallest absolute Gasteiger partial charge is 0.407 e. The lowest BCUT2D eigenvalue weighted by atomic mass is 9.96. The van der Waals surface area contributed by atoms with Gasteiger partial charge >= 0.3 is 6.09 Å². The molecule has 41 heavy (non-hydrogen) atoms. The van der Waals surface area contributed by atoms with E-state index in [4.69, 9.17) is 4.74 Å². The summed E-state index contributed by atoms with van der Waals surface area (Å²) in [5, 5.41) is 9.01. The van der Waals surface area contributed by atoms with Crippen molar-refractivity contribution < 1.29 is 14.3 Å². The van der Waals surface area contributed by atoms with Crippen LogP contribution in [0.5, 0.6) is 0 Å². The third kappa shape index (κ3) is 7.85. The first-order chi connectivity index (χ1) is 20.0. The van der Waals surface area contributed by atoms with Crippen molar-refractivity contribution in [3.05, 3.63) is 84.1 Å². The van der Waals surface area contributed by atoms with E-state index >= 15 is 0 Å². The molecule has 4 aromatic rings. The molecule has 0 spiro atoms. The van der Waals surface area contributed by atoms with Gasteiger partial charge in [-0.1, -0.05) is 55.5 Å². The molecule has 1 aliphatic heterocycles. The van der Waals surface area contributed by atoms with Crippen molar-refractivity contribution in [1.29, 1.82) is 0 Å². The SMILES string of the molecule is CCNC(=O)OCc1cccc(-c2cnc3ccc(NC(=O)CC4NC4[C@H](C)CCCc4ccccc4)nc3n2)c1. The molecule has 1 saturated heterocycles. The van der Waals surface area contributed by atoms with Gasteiger partial charge < -0.3 is 20.7 Å². The summed E-state index contributed by atoms with van der Waals surface area (Å²) >= 11 is 0. The van der Waals surface area contributed by atoms with E-state index < -0.39 is 6.09 Å². The van der Waals surface area contributed by atoms with Gasteiger partial charge in [0, 0.05) is 30.6 Å². The van der Waals surface area contributed by atoms with Crippen LogP contribution < -0.4 is 16.0 Å². The second-order valence-corrected chi connectivity index (χ2v) is 10.5. The lowest BCUT2D eigenvalue weighted by molar-refractivity contribution is -0.116. The molecule has 2 amide bonds. The second-order valence-electron chi connectivity index (χ2n) is 10.5. The minimum Gasteiger partial charge on any atom is -0.445 e. The normalized spacial score (nSPS) is 16.6. The van der Waals surface area contributed by atoms with Crippen LogP contribution in [0.3, 0.4) is 0 Å². The molecule has 3 atom stereocenters. The number of nitrogens with one attached hydrogen (secondary N) is 3. The van der Waals surface area contributed by atoms with Gasteiger partial charge in [0.2, 0.25) is 5.91 Å². The van der Waals surface area contributed by atoms with Gasteiger partial charge in [-0.3, -0.25) is 9.78 Å². The molecule has 1 fully saturated rings. The van der Waals surface area contributed by atoms with Crippen molar-refractivity contribution >= 4 is 29.0 Å². The van der Waals surface area contributed by atoms with Gasteiger partial charge in [-0.15, -0.1) is 0 Å². The number of hydrogen-bond acceptors (Lipinski definition) is 7. The van der Waals surface area contributed by atoms with E-state index in [0.717, 1.165) is 30.4 Å². The minimum absolute atomic E-state index is 0.0720. The molecule has 2 unspecified atom stereocenters. The zero-order valence-electron chi connectivity index (χ0n) is 23.5. The summed E-state index contributed by atoms with van der Waals surface area (Å²) in [6.45, 7) is 4.75. The third-order valence-corrected chi connectivity index (χ3v) is 7.31. The van der Waals surface area contributed by atoms with Crippen molar-refractivity contribution in [3.63, 3.8) is 0 Å². The second kappa shape index (κ2) is 13.3. The highest BCUT2D eigenvalue weighted by Gasteiger charge is 2.40. The number of rotatable bonds is 12. The van der Waals surface area contributed by atoms with Crippen LogP contribution in [0.1, 0.15) is 44.2 Å². The molecule has 9 nitrogen and oxygen atoms in total. The van der Waals surface area contributed by atoms with Crippen LogP contribution in [0.4, 0.5) is 10.6 Å². The maximum absolute atomic E-state index is 12.8. The topological polar surface area (TPSA) is 128 Å². The number of amides is 2. The van der Waals surface area contributed by atoms with Gasteiger partial charge in [0.05, 0.1) is 11.9 Å². The number of nitrogens with zero attached hydrogens (tertiary/aromatic N) is 3. The van der Waals surface area contributed by atoms with E-state index in [1.807, 2.05) is 37.3 Å². The fourth-order valence-electron chi connectivity index (χ4n) is 5.06. The average molecular weight is 553 g/mol. The van der Waals surface area contributed by atoms with Crippen LogP contribution >= 0.6 is 0 Å². The number of hydrogen-bond donors (Lipinski definition) is 3. The maximum Gasteiger partial charge on any atom is 0.407 e. The van der Waals surface area contributed by atoms with Crippen molar-refractivity contribution in [1.82, 2.24) is 25.6 Å². The Kier molecular flexibility index (Phi) is 9.15. The number of alkyl carbamates (subject to hydrolysis) is 1. The number of carbonyl (C=O) groups excluding carboxylic acids is 2. The number of pyridine rings is 1. The molecule has 0 bridgehead atoms. The molecule has 3 N–H and O–H groups in total. The first-order valence-corrected chi connectivity index (χ1v) is 14.2. The van der Waals surface area contributed by atoms with E-state index in [9.17, 15) is 9.59 Å². The van der Waals surface area contributed by atoms with Crippen LogP contribution in [-0.4, -0.2) is 45.6 Å². The molecular weight excluding hydrogens is 516 g/mol. The van der Waals surface area contributed by atoms with E-state index in [2.05, 4.69) is 62.1 Å².